The van der Waals surface area contributed by atoms with Gasteiger partial charge >= 0.3 is 0 Å². The number of hydrogen-bond acceptors (Lipinski definition) is 2. The number of rotatable bonds is 2. The monoisotopic (exact) mass is 210 g/mol. The number of terminal acetylenes is 1. The second-order valence-corrected chi connectivity index (χ2v) is 4.85. The van der Waals surface area contributed by atoms with Gasteiger partial charge in [0.05, 0.1) is 12.1 Å². The van der Waals surface area contributed by atoms with Crippen LogP contribution < -0.4 is 0 Å². The number of allylic oxidation sites excluding steroid dienone is 2. The molecule has 0 saturated heterocycles. The predicted molar refractivity (Wildman–Crippen MR) is 60.6 cm³/mol. The van der Waals surface area contributed by atoms with Gasteiger partial charge < -0.3 is 0 Å². The van der Waals surface area contributed by atoms with E-state index in [1.54, 1.807) is 0 Å². The fourth-order valence-electron chi connectivity index (χ4n) is 2.94. The van der Waals surface area contributed by atoms with Crippen LogP contribution in [0.2, 0.25) is 0 Å². The van der Waals surface area contributed by atoms with Gasteiger partial charge in [-0.1, -0.05) is 6.08 Å². The van der Waals surface area contributed by atoms with E-state index in [4.69, 9.17) is 6.42 Å². The van der Waals surface area contributed by atoms with Crippen LogP contribution in [0.4, 0.5) is 0 Å². The van der Waals surface area contributed by atoms with Crippen molar-refractivity contribution in [3.05, 3.63) is 11.6 Å². The second kappa shape index (κ2) is 4.03. The molecule has 2 nitrogen and oxygen atoms in total. The fraction of sp³-hybridized carbons (Fsp3) is 0.571. The minimum absolute atomic E-state index is 0.214. The summed E-state index contributed by atoms with van der Waals surface area (Å²) in [5.74, 6) is 3.72. The molecule has 1 saturated carbocycles. The first-order valence-electron chi connectivity index (χ1n) is 5.71. The van der Waals surface area contributed by atoms with Gasteiger partial charge in [0.15, 0.2) is 5.41 Å². The molecule has 0 heterocycles. The highest BCUT2D eigenvalue weighted by molar-refractivity contribution is 5.37. The van der Waals surface area contributed by atoms with Crippen molar-refractivity contribution in [3.63, 3.8) is 0 Å². The molecule has 2 rings (SSSR count). The van der Waals surface area contributed by atoms with Crippen molar-refractivity contribution in [3.8, 4) is 24.5 Å². The van der Waals surface area contributed by atoms with Crippen LogP contribution in [0.5, 0.6) is 0 Å². The molecule has 16 heavy (non-hydrogen) atoms. The molecule has 0 spiro atoms. The van der Waals surface area contributed by atoms with Crippen molar-refractivity contribution in [1.29, 1.82) is 10.5 Å². The lowest BCUT2D eigenvalue weighted by atomic mass is 9.73. The van der Waals surface area contributed by atoms with Crippen LogP contribution in [-0.4, -0.2) is 0 Å². The summed E-state index contributed by atoms with van der Waals surface area (Å²) in [5, 5.41) is 18.5. The minimum Gasteiger partial charge on any atom is -0.196 e. The lowest BCUT2D eigenvalue weighted by Gasteiger charge is -2.26. The molecule has 0 radical (unpaired) electrons. The van der Waals surface area contributed by atoms with Gasteiger partial charge in [-0.25, -0.2) is 0 Å². The summed E-state index contributed by atoms with van der Waals surface area (Å²) in [4.78, 5) is 0. The molecule has 1 fully saturated rings. The zero-order valence-corrected chi connectivity index (χ0v) is 9.24. The molecule has 2 atom stereocenters. The highest BCUT2D eigenvalue weighted by Gasteiger charge is 2.40. The van der Waals surface area contributed by atoms with Crippen molar-refractivity contribution in [2.75, 3.05) is 0 Å². The van der Waals surface area contributed by atoms with E-state index in [9.17, 15) is 10.5 Å². The van der Waals surface area contributed by atoms with Crippen LogP contribution in [0.1, 0.15) is 32.1 Å². The number of fused-ring (bicyclic) bond motifs is 2. The quantitative estimate of drug-likeness (QED) is 0.519. The van der Waals surface area contributed by atoms with Crippen molar-refractivity contribution >= 4 is 0 Å². The maximum atomic E-state index is 9.24. The van der Waals surface area contributed by atoms with Gasteiger partial charge in [0.1, 0.15) is 0 Å². The Morgan fingerprint density at radius 1 is 1.38 bits per heavy atom. The van der Waals surface area contributed by atoms with E-state index in [2.05, 4.69) is 24.1 Å². The summed E-state index contributed by atoms with van der Waals surface area (Å²) in [6, 6.07) is 4.27. The van der Waals surface area contributed by atoms with Crippen LogP contribution in [0.3, 0.4) is 0 Å². The Bertz CT molecular complexity index is 425. The molecular weight excluding hydrogens is 196 g/mol. The molecule has 80 valence electrons. The third-order valence-electron chi connectivity index (χ3n) is 3.82. The molecule has 0 N–H and O–H groups in total. The van der Waals surface area contributed by atoms with Crippen LogP contribution in [0, 0.1) is 52.3 Å². The molecule has 2 bridgehead atoms. The van der Waals surface area contributed by atoms with E-state index in [0.29, 0.717) is 11.8 Å². The maximum absolute atomic E-state index is 9.24. The largest absolute Gasteiger partial charge is 0.196 e. The summed E-state index contributed by atoms with van der Waals surface area (Å²) in [5.41, 5.74) is -0.0788. The predicted octanol–water partition coefficient (Wildman–Crippen LogP) is 2.79. The average Bonchev–Trinajstić information content (AvgIpc) is 2.65. The molecule has 0 amide bonds. The van der Waals surface area contributed by atoms with E-state index < -0.39 is 5.41 Å². The molecule has 0 aliphatic heterocycles. The Morgan fingerprint density at radius 3 is 2.69 bits per heavy atom. The first-order valence-corrected chi connectivity index (χ1v) is 5.71. The number of nitriles is 2. The Kier molecular flexibility index (Phi) is 2.72. The molecular formula is C14H14N2. The highest BCUT2D eigenvalue weighted by Crippen LogP contribution is 2.46. The Labute approximate surface area is 96.6 Å². The third-order valence-corrected chi connectivity index (χ3v) is 3.82. The van der Waals surface area contributed by atoms with E-state index in [0.717, 1.165) is 12.0 Å². The molecule has 2 unspecified atom stereocenters. The molecule has 2 aliphatic rings. The van der Waals surface area contributed by atoms with Gasteiger partial charge in [-0.3, -0.25) is 0 Å². The van der Waals surface area contributed by atoms with Crippen molar-refractivity contribution < 1.29 is 0 Å². The van der Waals surface area contributed by atoms with Crippen LogP contribution >= 0.6 is 0 Å². The lowest BCUT2D eigenvalue weighted by Crippen LogP contribution is -2.23. The Hall–Kier alpha value is -1.72. The summed E-state index contributed by atoms with van der Waals surface area (Å²) >= 11 is 0. The SMILES string of the molecule is C#CCC(C#N)(C#N)C1=CC2CCC(C1)C2. The zero-order chi connectivity index (χ0) is 11.6. The third kappa shape index (κ3) is 1.60. The van der Waals surface area contributed by atoms with Crippen LogP contribution in [-0.2, 0) is 0 Å². The molecule has 2 heteroatoms. The molecule has 2 aliphatic carbocycles. The fourth-order valence-corrected chi connectivity index (χ4v) is 2.94. The normalized spacial score (nSPS) is 27.4. The van der Waals surface area contributed by atoms with Gasteiger partial charge in [0.2, 0.25) is 0 Å². The summed E-state index contributed by atoms with van der Waals surface area (Å²) in [7, 11) is 0. The summed E-state index contributed by atoms with van der Waals surface area (Å²) < 4.78 is 0. The standard InChI is InChI=1S/C14H14N2/c1-2-5-14(9-15,10-16)13-7-11-3-4-12(6-11)8-13/h1,7,11-12H,3-6,8H2. The van der Waals surface area contributed by atoms with E-state index in [1.807, 2.05) is 0 Å². The first-order chi connectivity index (χ1) is 7.74. The number of nitrogens with zero attached hydrogens (tertiary/aromatic N) is 2. The topological polar surface area (TPSA) is 47.6 Å². The van der Waals surface area contributed by atoms with Gasteiger partial charge in [-0.15, -0.1) is 12.3 Å². The van der Waals surface area contributed by atoms with E-state index in [1.165, 1.54) is 19.3 Å². The van der Waals surface area contributed by atoms with Crippen LogP contribution in [0.15, 0.2) is 11.6 Å². The molecule has 0 aromatic heterocycles. The van der Waals surface area contributed by atoms with Gasteiger partial charge in [-0.2, -0.15) is 10.5 Å². The number of hydrogen-bond donors (Lipinski definition) is 0. The maximum Gasteiger partial charge on any atom is 0.175 e. The average molecular weight is 210 g/mol. The van der Waals surface area contributed by atoms with Crippen LogP contribution in [0.25, 0.3) is 0 Å². The van der Waals surface area contributed by atoms with Crippen molar-refractivity contribution in [2.45, 2.75) is 32.1 Å². The molecule has 0 aromatic rings. The second-order valence-electron chi connectivity index (χ2n) is 4.85. The Balaban J connectivity index is 2.33. The van der Waals surface area contributed by atoms with E-state index >= 15 is 0 Å². The van der Waals surface area contributed by atoms with Gasteiger partial charge in [0.25, 0.3) is 0 Å². The van der Waals surface area contributed by atoms with Crippen molar-refractivity contribution in [1.82, 2.24) is 0 Å². The summed E-state index contributed by atoms with van der Waals surface area (Å²) in [6.45, 7) is 0. The van der Waals surface area contributed by atoms with E-state index in [-0.39, 0.29) is 6.42 Å². The van der Waals surface area contributed by atoms with Crippen molar-refractivity contribution in [2.24, 2.45) is 17.3 Å². The first kappa shape index (κ1) is 10.8. The highest BCUT2D eigenvalue weighted by atomic mass is 14.5. The lowest BCUT2D eigenvalue weighted by molar-refractivity contribution is 0.453. The zero-order valence-electron chi connectivity index (χ0n) is 9.24. The molecule has 0 aromatic carbocycles. The van der Waals surface area contributed by atoms with Gasteiger partial charge in [-0.05, 0) is 43.1 Å². The minimum atomic E-state index is -1.06. The Morgan fingerprint density at radius 2 is 2.12 bits per heavy atom. The smallest absolute Gasteiger partial charge is 0.175 e. The van der Waals surface area contributed by atoms with Gasteiger partial charge in [0, 0.05) is 6.42 Å². The summed E-state index contributed by atoms with van der Waals surface area (Å²) in [6.07, 6.45) is 12.2.